The van der Waals surface area contributed by atoms with Crippen molar-refractivity contribution >= 4 is 23.9 Å². The summed E-state index contributed by atoms with van der Waals surface area (Å²) in [6, 6.07) is 25.5. The van der Waals surface area contributed by atoms with Gasteiger partial charge in [0.15, 0.2) is 11.0 Å². The molecular formula is C26H25N5O2S. The molecule has 0 aliphatic carbocycles. The first kappa shape index (κ1) is 23.3. The summed E-state index contributed by atoms with van der Waals surface area (Å²) in [4.78, 5) is 12.5. The quantitative estimate of drug-likeness (QED) is 0.214. The molecule has 0 saturated carbocycles. The van der Waals surface area contributed by atoms with Gasteiger partial charge >= 0.3 is 0 Å². The first-order valence-electron chi connectivity index (χ1n) is 10.9. The minimum absolute atomic E-state index is 0.142. The first-order chi connectivity index (χ1) is 16.7. The molecule has 8 heteroatoms. The maximum absolute atomic E-state index is 12.5. The number of hydrogen-bond acceptors (Lipinski definition) is 6. The number of aryl methyl sites for hydroxylation is 1. The third-order valence-corrected chi connectivity index (χ3v) is 5.83. The van der Waals surface area contributed by atoms with Crippen molar-refractivity contribution in [2.45, 2.75) is 19.0 Å². The fourth-order valence-corrected chi connectivity index (χ4v) is 4.02. The lowest BCUT2D eigenvalue weighted by molar-refractivity contribution is -0.118. The lowest BCUT2D eigenvalue weighted by Gasteiger charge is -2.10. The van der Waals surface area contributed by atoms with Crippen LogP contribution in [0.3, 0.4) is 0 Å². The average Bonchev–Trinajstić information content (AvgIpc) is 3.29. The molecule has 1 aromatic heterocycles. The molecule has 0 spiro atoms. The van der Waals surface area contributed by atoms with Gasteiger partial charge in [-0.2, -0.15) is 5.10 Å². The molecular weight excluding hydrogens is 446 g/mol. The molecule has 0 unspecified atom stereocenters. The smallest absolute Gasteiger partial charge is 0.250 e. The Balaban J connectivity index is 1.48. The van der Waals surface area contributed by atoms with Crippen molar-refractivity contribution in [1.82, 2.24) is 20.2 Å². The minimum atomic E-state index is -0.241. The number of nitrogens with one attached hydrogen (secondary N) is 1. The number of para-hydroxylation sites is 1. The second kappa shape index (κ2) is 11.3. The Morgan fingerprint density at radius 1 is 1.03 bits per heavy atom. The molecule has 0 atom stereocenters. The summed E-state index contributed by atoms with van der Waals surface area (Å²) >= 11 is 1.31. The van der Waals surface area contributed by atoms with Crippen LogP contribution in [0.1, 0.15) is 18.1 Å². The summed E-state index contributed by atoms with van der Waals surface area (Å²) in [6.45, 7) is 4.52. The molecule has 0 radical (unpaired) electrons. The zero-order chi connectivity index (χ0) is 23.8. The second-order valence-corrected chi connectivity index (χ2v) is 8.34. The van der Waals surface area contributed by atoms with Crippen LogP contribution < -0.4 is 10.2 Å². The van der Waals surface area contributed by atoms with Gasteiger partial charge in [-0.1, -0.05) is 71.9 Å². The van der Waals surface area contributed by atoms with E-state index in [0.717, 1.165) is 34.0 Å². The second-order valence-electron chi connectivity index (χ2n) is 7.40. The topological polar surface area (TPSA) is 81.4 Å². The molecule has 1 heterocycles. The maximum atomic E-state index is 12.5. The van der Waals surface area contributed by atoms with E-state index in [0.29, 0.717) is 11.8 Å². The number of hydrazone groups is 1. The molecule has 1 amide bonds. The van der Waals surface area contributed by atoms with E-state index in [9.17, 15) is 4.79 Å². The highest BCUT2D eigenvalue weighted by molar-refractivity contribution is 7.99. The van der Waals surface area contributed by atoms with Crippen molar-refractivity contribution in [3.8, 4) is 22.8 Å². The minimum Gasteiger partial charge on any atom is -0.493 e. The van der Waals surface area contributed by atoms with Crippen LogP contribution in [-0.4, -0.2) is 39.2 Å². The van der Waals surface area contributed by atoms with Gasteiger partial charge in [0.25, 0.3) is 5.91 Å². The summed E-state index contributed by atoms with van der Waals surface area (Å²) in [5.41, 5.74) is 6.41. The van der Waals surface area contributed by atoms with E-state index >= 15 is 0 Å². The molecule has 34 heavy (non-hydrogen) atoms. The number of amides is 1. The summed E-state index contributed by atoms with van der Waals surface area (Å²) in [6.07, 6.45) is 1.58. The fourth-order valence-electron chi connectivity index (χ4n) is 3.27. The average molecular weight is 472 g/mol. The fraction of sp³-hybridized carbons (Fsp3) is 0.154. The molecule has 1 N–H and O–H groups in total. The van der Waals surface area contributed by atoms with Gasteiger partial charge in [0, 0.05) is 16.8 Å². The van der Waals surface area contributed by atoms with Gasteiger partial charge in [0.05, 0.1) is 18.6 Å². The molecule has 0 fully saturated rings. The van der Waals surface area contributed by atoms with E-state index in [2.05, 4.69) is 20.7 Å². The van der Waals surface area contributed by atoms with Crippen LogP contribution >= 0.6 is 11.8 Å². The van der Waals surface area contributed by atoms with Crippen molar-refractivity contribution in [3.05, 3.63) is 90.0 Å². The van der Waals surface area contributed by atoms with E-state index in [-0.39, 0.29) is 11.7 Å². The third kappa shape index (κ3) is 5.71. The van der Waals surface area contributed by atoms with Gasteiger partial charge in [-0.25, -0.2) is 5.43 Å². The Bertz CT molecular complexity index is 1270. The van der Waals surface area contributed by atoms with Gasteiger partial charge in [0.1, 0.15) is 5.75 Å². The number of hydrogen-bond donors (Lipinski definition) is 1. The van der Waals surface area contributed by atoms with Crippen LogP contribution in [-0.2, 0) is 4.79 Å². The van der Waals surface area contributed by atoms with Gasteiger partial charge in [-0.3, -0.25) is 9.36 Å². The Morgan fingerprint density at radius 2 is 1.76 bits per heavy atom. The van der Waals surface area contributed by atoms with Crippen molar-refractivity contribution < 1.29 is 9.53 Å². The molecule has 0 aliphatic heterocycles. The summed E-state index contributed by atoms with van der Waals surface area (Å²) in [5, 5.41) is 13.5. The lowest BCUT2D eigenvalue weighted by atomic mass is 10.2. The van der Waals surface area contributed by atoms with Crippen molar-refractivity contribution in [2.75, 3.05) is 12.4 Å². The number of nitrogens with zero attached hydrogens (tertiary/aromatic N) is 4. The van der Waals surface area contributed by atoms with E-state index in [1.54, 1.807) is 6.21 Å². The largest absolute Gasteiger partial charge is 0.493 e. The van der Waals surface area contributed by atoms with Crippen LogP contribution in [0.5, 0.6) is 5.75 Å². The molecule has 0 aliphatic rings. The number of ether oxygens (including phenoxy) is 1. The van der Waals surface area contributed by atoms with Crippen LogP contribution in [0.25, 0.3) is 17.1 Å². The summed E-state index contributed by atoms with van der Waals surface area (Å²) in [7, 11) is 0. The highest BCUT2D eigenvalue weighted by Gasteiger charge is 2.17. The van der Waals surface area contributed by atoms with Crippen LogP contribution in [0.2, 0.25) is 0 Å². The highest BCUT2D eigenvalue weighted by atomic mass is 32.2. The first-order valence-corrected chi connectivity index (χ1v) is 11.9. The number of aromatic nitrogens is 3. The standard InChI is InChI=1S/C26H25N5O2S/c1-3-33-23-12-8-7-11-21(23)17-27-28-24(32)18-34-26-30-29-25(20-9-5-4-6-10-20)31(26)22-15-13-19(2)14-16-22/h4-17H,3,18H2,1-2H3,(H,28,32). The van der Waals surface area contributed by atoms with E-state index in [1.807, 2.05) is 97.3 Å². The molecule has 3 aromatic carbocycles. The zero-order valence-corrected chi connectivity index (χ0v) is 19.8. The van der Waals surface area contributed by atoms with Crippen LogP contribution in [0, 0.1) is 6.92 Å². The number of carbonyl (C=O) groups is 1. The van der Waals surface area contributed by atoms with Crippen molar-refractivity contribution in [2.24, 2.45) is 5.10 Å². The molecule has 0 saturated heterocycles. The monoisotopic (exact) mass is 471 g/mol. The van der Waals surface area contributed by atoms with Gasteiger partial charge < -0.3 is 4.74 Å². The zero-order valence-electron chi connectivity index (χ0n) is 19.0. The highest BCUT2D eigenvalue weighted by Crippen LogP contribution is 2.28. The van der Waals surface area contributed by atoms with E-state index in [4.69, 9.17) is 4.74 Å². The lowest BCUT2D eigenvalue weighted by Crippen LogP contribution is -2.20. The summed E-state index contributed by atoms with van der Waals surface area (Å²) < 4.78 is 7.54. The Labute approximate surface area is 202 Å². The van der Waals surface area contributed by atoms with Gasteiger partial charge in [-0.15, -0.1) is 10.2 Å². The van der Waals surface area contributed by atoms with Crippen molar-refractivity contribution in [1.29, 1.82) is 0 Å². The van der Waals surface area contributed by atoms with Gasteiger partial charge in [-0.05, 0) is 38.1 Å². The van der Waals surface area contributed by atoms with Crippen molar-refractivity contribution in [3.63, 3.8) is 0 Å². The molecule has 4 rings (SSSR count). The Hall–Kier alpha value is -3.91. The maximum Gasteiger partial charge on any atom is 0.250 e. The molecule has 0 bridgehead atoms. The van der Waals surface area contributed by atoms with Crippen LogP contribution in [0.15, 0.2) is 89.1 Å². The van der Waals surface area contributed by atoms with E-state index in [1.165, 1.54) is 11.8 Å². The van der Waals surface area contributed by atoms with Crippen LogP contribution in [0.4, 0.5) is 0 Å². The Kier molecular flexibility index (Phi) is 7.72. The molecule has 4 aromatic rings. The SMILES string of the molecule is CCOc1ccccc1C=NNC(=O)CSc1nnc(-c2ccccc2)n1-c1ccc(C)cc1. The number of rotatable bonds is 9. The normalized spacial score (nSPS) is 11.0. The third-order valence-electron chi connectivity index (χ3n) is 4.90. The number of benzene rings is 3. The van der Waals surface area contributed by atoms with E-state index < -0.39 is 0 Å². The summed E-state index contributed by atoms with van der Waals surface area (Å²) in [5.74, 6) is 1.34. The predicted molar refractivity (Wildman–Crippen MR) is 136 cm³/mol. The molecule has 172 valence electrons. The number of thioether (sulfide) groups is 1. The molecule has 7 nitrogen and oxygen atoms in total. The predicted octanol–water partition coefficient (Wildman–Crippen LogP) is 4.88. The number of carbonyl (C=O) groups excluding carboxylic acids is 1. The Morgan fingerprint density at radius 3 is 2.53 bits per heavy atom. The van der Waals surface area contributed by atoms with Gasteiger partial charge in [0.2, 0.25) is 0 Å².